The molecule has 1 amide bonds. The summed E-state index contributed by atoms with van der Waals surface area (Å²) >= 11 is 0. The van der Waals surface area contributed by atoms with Crippen LogP contribution in [0, 0.1) is 13.8 Å². The maximum Gasteiger partial charge on any atom is 0.242 e. The number of carbonyl (C=O) groups excluding carboxylic acids is 1. The van der Waals surface area contributed by atoms with Crippen molar-refractivity contribution in [1.82, 2.24) is 14.5 Å². The zero-order chi connectivity index (χ0) is 11.4. The monoisotopic (exact) mass is 209 g/mol. The molecule has 1 heterocycles. The Morgan fingerprint density at radius 1 is 1.40 bits per heavy atom. The number of imidazole rings is 1. The van der Waals surface area contributed by atoms with E-state index in [1.807, 2.05) is 37.2 Å². The Morgan fingerprint density at radius 3 is 2.40 bits per heavy atom. The van der Waals surface area contributed by atoms with Gasteiger partial charge in [-0.2, -0.15) is 0 Å². The molecule has 0 saturated carbocycles. The maximum absolute atomic E-state index is 11.8. The third kappa shape index (κ3) is 2.58. The Kier molecular flexibility index (Phi) is 3.88. The fourth-order valence-corrected chi connectivity index (χ4v) is 1.53. The second-order valence-electron chi connectivity index (χ2n) is 3.61. The SMILES string of the molecule is CCN(CC)C(=O)Cn1cnc(C)c1C. The molecule has 1 rings (SSSR count). The van der Waals surface area contributed by atoms with Gasteiger partial charge in [0, 0.05) is 18.8 Å². The summed E-state index contributed by atoms with van der Waals surface area (Å²) in [6, 6.07) is 0. The van der Waals surface area contributed by atoms with Crippen LogP contribution in [0.5, 0.6) is 0 Å². The number of aryl methyl sites for hydroxylation is 1. The molecule has 0 aliphatic carbocycles. The number of aromatic nitrogens is 2. The average Bonchev–Trinajstić information content (AvgIpc) is 2.52. The highest BCUT2D eigenvalue weighted by Crippen LogP contribution is 2.04. The minimum absolute atomic E-state index is 0.153. The zero-order valence-electron chi connectivity index (χ0n) is 9.95. The number of nitrogens with zero attached hydrogens (tertiary/aromatic N) is 3. The molecule has 0 N–H and O–H groups in total. The van der Waals surface area contributed by atoms with E-state index in [4.69, 9.17) is 0 Å². The summed E-state index contributed by atoms with van der Waals surface area (Å²) in [5.74, 6) is 0.153. The van der Waals surface area contributed by atoms with E-state index in [2.05, 4.69) is 4.98 Å². The number of rotatable bonds is 4. The molecular formula is C11H19N3O. The van der Waals surface area contributed by atoms with Crippen LogP contribution in [0.4, 0.5) is 0 Å². The smallest absolute Gasteiger partial charge is 0.242 e. The molecule has 4 nitrogen and oxygen atoms in total. The van der Waals surface area contributed by atoms with E-state index < -0.39 is 0 Å². The van der Waals surface area contributed by atoms with Gasteiger partial charge in [-0.25, -0.2) is 4.98 Å². The van der Waals surface area contributed by atoms with Crippen molar-refractivity contribution in [3.63, 3.8) is 0 Å². The molecule has 0 spiro atoms. The van der Waals surface area contributed by atoms with Crippen LogP contribution < -0.4 is 0 Å². The van der Waals surface area contributed by atoms with Crippen molar-refractivity contribution in [1.29, 1.82) is 0 Å². The second kappa shape index (κ2) is 4.96. The summed E-state index contributed by atoms with van der Waals surface area (Å²) < 4.78 is 1.90. The van der Waals surface area contributed by atoms with Crippen molar-refractivity contribution in [2.75, 3.05) is 13.1 Å². The first-order valence-corrected chi connectivity index (χ1v) is 5.36. The lowest BCUT2D eigenvalue weighted by molar-refractivity contribution is -0.131. The highest BCUT2D eigenvalue weighted by Gasteiger charge is 2.11. The first-order valence-electron chi connectivity index (χ1n) is 5.36. The number of likely N-dealkylation sites (N-methyl/N-ethyl adjacent to an activating group) is 1. The van der Waals surface area contributed by atoms with Gasteiger partial charge in [-0.05, 0) is 27.7 Å². The molecule has 84 valence electrons. The van der Waals surface area contributed by atoms with Gasteiger partial charge in [0.25, 0.3) is 0 Å². The molecule has 0 saturated heterocycles. The highest BCUT2D eigenvalue weighted by atomic mass is 16.2. The Hall–Kier alpha value is -1.32. The third-order valence-corrected chi connectivity index (χ3v) is 2.77. The lowest BCUT2D eigenvalue weighted by Crippen LogP contribution is -2.33. The fourth-order valence-electron chi connectivity index (χ4n) is 1.53. The van der Waals surface area contributed by atoms with Crippen molar-refractivity contribution in [3.05, 3.63) is 17.7 Å². The van der Waals surface area contributed by atoms with Gasteiger partial charge in [0.1, 0.15) is 6.54 Å². The molecular weight excluding hydrogens is 190 g/mol. The quantitative estimate of drug-likeness (QED) is 0.751. The topological polar surface area (TPSA) is 38.1 Å². The van der Waals surface area contributed by atoms with E-state index in [-0.39, 0.29) is 5.91 Å². The number of hydrogen-bond donors (Lipinski definition) is 0. The van der Waals surface area contributed by atoms with Crippen molar-refractivity contribution in [2.45, 2.75) is 34.2 Å². The van der Waals surface area contributed by atoms with Gasteiger partial charge < -0.3 is 9.47 Å². The van der Waals surface area contributed by atoms with Crippen LogP contribution in [0.3, 0.4) is 0 Å². The predicted octanol–water partition coefficient (Wildman–Crippen LogP) is 1.37. The summed E-state index contributed by atoms with van der Waals surface area (Å²) in [6.45, 7) is 9.85. The van der Waals surface area contributed by atoms with E-state index in [1.54, 1.807) is 6.33 Å². The first kappa shape index (κ1) is 11.8. The van der Waals surface area contributed by atoms with E-state index in [0.29, 0.717) is 6.54 Å². The van der Waals surface area contributed by atoms with Gasteiger partial charge in [0.15, 0.2) is 0 Å². The van der Waals surface area contributed by atoms with E-state index >= 15 is 0 Å². The molecule has 0 aliphatic rings. The molecule has 0 aromatic carbocycles. The van der Waals surface area contributed by atoms with Gasteiger partial charge in [-0.1, -0.05) is 0 Å². The van der Waals surface area contributed by atoms with Crippen LogP contribution in [0.15, 0.2) is 6.33 Å². The van der Waals surface area contributed by atoms with Crippen molar-refractivity contribution >= 4 is 5.91 Å². The van der Waals surface area contributed by atoms with Gasteiger partial charge in [0.05, 0.1) is 12.0 Å². The summed E-state index contributed by atoms with van der Waals surface area (Å²) in [6.07, 6.45) is 1.73. The van der Waals surface area contributed by atoms with Gasteiger partial charge >= 0.3 is 0 Å². The van der Waals surface area contributed by atoms with E-state index in [9.17, 15) is 4.79 Å². The Labute approximate surface area is 90.9 Å². The fraction of sp³-hybridized carbons (Fsp3) is 0.636. The molecule has 0 bridgehead atoms. The van der Waals surface area contributed by atoms with Gasteiger partial charge in [-0.15, -0.1) is 0 Å². The van der Waals surface area contributed by atoms with E-state index in [1.165, 1.54) is 0 Å². The largest absolute Gasteiger partial charge is 0.342 e. The normalized spacial score (nSPS) is 10.4. The van der Waals surface area contributed by atoms with E-state index in [0.717, 1.165) is 24.5 Å². The number of carbonyl (C=O) groups is 1. The van der Waals surface area contributed by atoms with Crippen LogP contribution in [0.2, 0.25) is 0 Å². The molecule has 0 unspecified atom stereocenters. The molecule has 1 aromatic heterocycles. The maximum atomic E-state index is 11.8. The van der Waals surface area contributed by atoms with Crippen molar-refractivity contribution < 1.29 is 4.79 Å². The van der Waals surface area contributed by atoms with Crippen molar-refractivity contribution in [3.8, 4) is 0 Å². The molecule has 4 heteroatoms. The minimum Gasteiger partial charge on any atom is -0.342 e. The highest BCUT2D eigenvalue weighted by molar-refractivity contribution is 5.76. The standard InChI is InChI=1S/C11H19N3O/c1-5-13(6-2)11(15)7-14-8-12-9(3)10(14)4/h8H,5-7H2,1-4H3. The van der Waals surface area contributed by atoms with Crippen LogP contribution in [-0.4, -0.2) is 33.4 Å². The van der Waals surface area contributed by atoms with Crippen LogP contribution in [-0.2, 0) is 11.3 Å². The van der Waals surface area contributed by atoms with Gasteiger partial charge in [-0.3, -0.25) is 4.79 Å². The lowest BCUT2D eigenvalue weighted by Gasteiger charge is -2.19. The predicted molar refractivity (Wildman–Crippen MR) is 59.6 cm³/mol. The molecule has 0 atom stereocenters. The summed E-state index contributed by atoms with van der Waals surface area (Å²) in [5.41, 5.74) is 2.05. The number of hydrogen-bond acceptors (Lipinski definition) is 2. The molecule has 15 heavy (non-hydrogen) atoms. The summed E-state index contributed by atoms with van der Waals surface area (Å²) in [7, 11) is 0. The molecule has 0 fully saturated rings. The second-order valence-corrected chi connectivity index (χ2v) is 3.61. The van der Waals surface area contributed by atoms with Crippen LogP contribution in [0.1, 0.15) is 25.2 Å². The Bertz CT molecular complexity index is 340. The third-order valence-electron chi connectivity index (χ3n) is 2.77. The van der Waals surface area contributed by atoms with Crippen molar-refractivity contribution in [2.24, 2.45) is 0 Å². The molecule has 0 aliphatic heterocycles. The Morgan fingerprint density at radius 2 is 2.00 bits per heavy atom. The van der Waals surface area contributed by atoms with Gasteiger partial charge in [0.2, 0.25) is 5.91 Å². The number of amides is 1. The first-order chi connectivity index (χ1) is 7.10. The Balaban J connectivity index is 2.70. The summed E-state index contributed by atoms with van der Waals surface area (Å²) in [4.78, 5) is 17.8. The van der Waals surface area contributed by atoms with Crippen LogP contribution in [0.25, 0.3) is 0 Å². The zero-order valence-corrected chi connectivity index (χ0v) is 9.95. The summed E-state index contributed by atoms with van der Waals surface area (Å²) in [5, 5.41) is 0. The molecule has 1 aromatic rings. The minimum atomic E-state index is 0.153. The average molecular weight is 209 g/mol. The lowest BCUT2D eigenvalue weighted by atomic mass is 10.3. The van der Waals surface area contributed by atoms with Crippen LogP contribution >= 0.6 is 0 Å². The molecule has 0 radical (unpaired) electrons.